The van der Waals surface area contributed by atoms with Gasteiger partial charge >= 0.3 is 5.97 Å². The maximum Gasteiger partial charge on any atom is 0.303 e. The first-order valence-electron chi connectivity index (χ1n) is 16.2. The van der Waals surface area contributed by atoms with Crippen LogP contribution in [0.4, 0.5) is 0 Å². The molecule has 1 saturated heterocycles. The Morgan fingerprint density at radius 2 is 1.57 bits per heavy atom. The summed E-state index contributed by atoms with van der Waals surface area (Å²) in [6.07, 6.45) is 0.335. The number of amides is 1. The molecule has 1 aliphatic heterocycles. The van der Waals surface area contributed by atoms with Crippen molar-refractivity contribution in [3.8, 4) is 11.1 Å². The first kappa shape index (κ1) is 34.0. The Morgan fingerprint density at radius 3 is 2.30 bits per heavy atom. The lowest BCUT2D eigenvalue weighted by molar-refractivity contribution is -0.253. The van der Waals surface area contributed by atoms with Crippen LogP contribution in [0.5, 0.6) is 0 Å². The second kappa shape index (κ2) is 16.5. The molecule has 0 spiro atoms. The van der Waals surface area contributed by atoms with Crippen molar-refractivity contribution in [3.63, 3.8) is 0 Å². The molecule has 0 aliphatic carbocycles. The minimum Gasteiger partial charge on any atom is -0.481 e. The van der Waals surface area contributed by atoms with Gasteiger partial charge < -0.3 is 25.0 Å². The summed E-state index contributed by atoms with van der Waals surface area (Å²) >= 11 is 0. The van der Waals surface area contributed by atoms with Crippen molar-refractivity contribution in [1.82, 2.24) is 10.2 Å². The van der Waals surface area contributed by atoms with E-state index in [0.29, 0.717) is 19.4 Å². The average molecular weight is 637 g/mol. The molecule has 0 saturated carbocycles. The molecule has 1 aliphatic rings. The van der Waals surface area contributed by atoms with Crippen LogP contribution >= 0.6 is 0 Å². The number of hydrogen-bond donors (Lipinski definition) is 3. The number of aliphatic hydroxyl groups excluding tert-OH is 1. The molecule has 0 bridgehead atoms. The fraction of sp³-hybridized carbons (Fsp3) is 0.333. The number of benzene rings is 4. The highest BCUT2D eigenvalue weighted by Gasteiger charge is 2.33. The Kier molecular flexibility index (Phi) is 11.9. The quantitative estimate of drug-likeness (QED) is 0.137. The third-order valence-corrected chi connectivity index (χ3v) is 8.75. The average Bonchev–Trinajstić information content (AvgIpc) is 3.10. The fourth-order valence-electron chi connectivity index (χ4n) is 5.91. The van der Waals surface area contributed by atoms with Crippen LogP contribution in [0.3, 0.4) is 0 Å². The van der Waals surface area contributed by atoms with E-state index in [1.54, 1.807) is 0 Å². The number of nitrogens with one attached hydrogen (secondary N) is 1. The van der Waals surface area contributed by atoms with Gasteiger partial charge in [-0.15, -0.1) is 0 Å². The van der Waals surface area contributed by atoms with Gasteiger partial charge in [0.1, 0.15) is 0 Å². The van der Waals surface area contributed by atoms with Crippen LogP contribution in [0.2, 0.25) is 0 Å². The smallest absolute Gasteiger partial charge is 0.303 e. The van der Waals surface area contributed by atoms with Crippen molar-refractivity contribution in [1.29, 1.82) is 0 Å². The minimum absolute atomic E-state index is 0.00448. The van der Waals surface area contributed by atoms with Crippen LogP contribution in [0.1, 0.15) is 78.9 Å². The van der Waals surface area contributed by atoms with E-state index in [0.717, 1.165) is 39.9 Å². The number of rotatable bonds is 14. The Morgan fingerprint density at radius 1 is 0.851 bits per heavy atom. The minimum atomic E-state index is -0.899. The predicted octanol–water partition coefficient (Wildman–Crippen LogP) is 6.96. The van der Waals surface area contributed by atoms with E-state index < -0.39 is 12.3 Å². The Labute approximate surface area is 277 Å². The lowest BCUT2D eigenvalue weighted by atomic mass is 9.98. The topological polar surface area (TPSA) is 108 Å². The summed E-state index contributed by atoms with van der Waals surface area (Å²) in [5.74, 6) is -1.06. The van der Waals surface area contributed by atoms with Crippen molar-refractivity contribution >= 4 is 11.9 Å². The molecule has 8 nitrogen and oxygen atoms in total. The standard InChI is InChI=1S/C39H44N2O6/c1-27(30-10-4-3-5-11-30)41(2)25-35-23-36(31-19-17-28(26-42)18-20-31)47-39(46-35)34-14-7-13-33(22-34)32-12-6-9-29(21-32)24-40-37(43)15-8-16-38(44)45/h3-7,9-14,17-22,27,35-36,39,42H,8,15-16,23-26H2,1-2H3,(H,40,43)(H,44,45)/t27-,35-,36+,39+/m0/s1. The SMILES string of the molecule is C[C@@H](c1ccccc1)N(C)C[C@@H]1C[C@H](c2ccc(CO)cc2)O[C@H](c2cccc(-c3cccc(CNC(=O)CCCC(=O)O)c3)c2)O1. The molecular formula is C39H44N2O6. The maximum absolute atomic E-state index is 12.2. The summed E-state index contributed by atoms with van der Waals surface area (Å²) in [7, 11) is 2.13. The van der Waals surface area contributed by atoms with Gasteiger partial charge in [0.15, 0.2) is 6.29 Å². The highest BCUT2D eigenvalue weighted by molar-refractivity contribution is 5.76. The Balaban J connectivity index is 1.32. The molecule has 8 heteroatoms. The zero-order valence-corrected chi connectivity index (χ0v) is 27.0. The van der Waals surface area contributed by atoms with Crippen molar-refractivity contribution in [2.45, 2.75) is 70.3 Å². The van der Waals surface area contributed by atoms with Crippen molar-refractivity contribution < 1.29 is 29.3 Å². The summed E-state index contributed by atoms with van der Waals surface area (Å²) in [5, 5.41) is 21.3. The van der Waals surface area contributed by atoms with Gasteiger partial charge in [0, 0.05) is 44.0 Å². The number of ether oxygens (including phenoxy) is 2. The van der Waals surface area contributed by atoms with Gasteiger partial charge in [0.25, 0.3) is 0 Å². The lowest BCUT2D eigenvalue weighted by Gasteiger charge is -2.39. The summed E-state index contributed by atoms with van der Waals surface area (Å²) < 4.78 is 13.3. The van der Waals surface area contributed by atoms with Crippen LogP contribution in [-0.2, 0) is 32.2 Å². The van der Waals surface area contributed by atoms with Crippen LogP contribution in [0.15, 0.2) is 103 Å². The predicted molar refractivity (Wildman–Crippen MR) is 181 cm³/mol. The molecule has 246 valence electrons. The van der Waals surface area contributed by atoms with E-state index in [-0.39, 0.29) is 43.6 Å². The first-order valence-corrected chi connectivity index (χ1v) is 16.2. The summed E-state index contributed by atoms with van der Waals surface area (Å²) in [4.78, 5) is 25.2. The molecule has 0 aromatic heterocycles. The number of likely N-dealkylation sites (N-methyl/N-ethyl adjacent to an activating group) is 1. The molecule has 5 rings (SSSR count). The van der Waals surface area contributed by atoms with Gasteiger partial charge in [0.05, 0.1) is 18.8 Å². The molecule has 3 N–H and O–H groups in total. The molecule has 4 aromatic carbocycles. The molecule has 0 unspecified atom stereocenters. The lowest BCUT2D eigenvalue weighted by Crippen LogP contribution is -2.38. The summed E-state index contributed by atoms with van der Waals surface area (Å²) in [6, 6.07) is 34.8. The highest BCUT2D eigenvalue weighted by Crippen LogP contribution is 2.39. The number of carbonyl (C=O) groups is 2. The molecule has 4 atom stereocenters. The van der Waals surface area contributed by atoms with E-state index >= 15 is 0 Å². The van der Waals surface area contributed by atoms with E-state index in [1.165, 1.54) is 5.56 Å². The fourth-order valence-corrected chi connectivity index (χ4v) is 5.91. The third kappa shape index (κ3) is 9.59. The number of nitrogens with zero attached hydrogens (tertiary/aromatic N) is 1. The highest BCUT2D eigenvalue weighted by atomic mass is 16.7. The zero-order chi connectivity index (χ0) is 33.2. The Hall–Kier alpha value is -4.34. The first-order chi connectivity index (χ1) is 22.8. The number of aliphatic carboxylic acids is 1. The second-order valence-electron chi connectivity index (χ2n) is 12.2. The summed E-state index contributed by atoms with van der Waals surface area (Å²) in [5.41, 5.74) is 7.04. The normalized spacial score (nSPS) is 18.5. The second-order valence-corrected chi connectivity index (χ2v) is 12.2. The Bertz CT molecular complexity index is 1610. The summed E-state index contributed by atoms with van der Waals surface area (Å²) in [6.45, 7) is 3.29. The zero-order valence-electron chi connectivity index (χ0n) is 27.0. The van der Waals surface area contributed by atoms with Gasteiger partial charge in [-0.1, -0.05) is 91.0 Å². The largest absolute Gasteiger partial charge is 0.481 e. The monoisotopic (exact) mass is 636 g/mol. The van der Waals surface area contributed by atoms with Gasteiger partial charge in [-0.25, -0.2) is 0 Å². The number of hydrogen-bond acceptors (Lipinski definition) is 6. The van der Waals surface area contributed by atoms with Crippen LogP contribution < -0.4 is 5.32 Å². The number of carbonyl (C=O) groups excluding carboxylic acids is 1. The van der Waals surface area contributed by atoms with E-state index in [2.05, 4.69) is 54.5 Å². The van der Waals surface area contributed by atoms with Crippen molar-refractivity contribution in [2.75, 3.05) is 13.6 Å². The van der Waals surface area contributed by atoms with Crippen LogP contribution in [0, 0.1) is 0 Å². The molecule has 47 heavy (non-hydrogen) atoms. The van der Waals surface area contributed by atoms with E-state index in [1.807, 2.05) is 72.8 Å². The molecular weight excluding hydrogens is 592 g/mol. The molecule has 1 fully saturated rings. The number of carboxylic acids is 1. The molecule has 1 amide bonds. The van der Waals surface area contributed by atoms with Crippen molar-refractivity contribution in [3.05, 3.63) is 131 Å². The molecule has 4 aromatic rings. The van der Waals surface area contributed by atoms with Gasteiger partial charge in [0.2, 0.25) is 5.91 Å². The van der Waals surface area contributed by atoms with E-state index in [9.17, 15) is 14.7 Å². The van der Waals surface area contributed by atoms with Crippen LogP contribution in [0.25, 0.3) is 11.1 Å². The van der Waals surface area contributed by atoms with Gasteiger partial charge in [-0.2, -0.15) is 0 Å². The van der Waals surface area contributed by atoms with Gasteiger partial charge in [-0.05, 0) is 65.9 Å². The van der Waals surface area contributed by atoms with E-state index in [4.69, 9.17) is 14.6 Å². The number of aliphatic hydroxyl groups is 1. The van der Waals surface area contributed by atoms with Crippen LogP contribution in [-0.4, -0.2) is 46.7 Å². The third-order valence-electron chi connectivity index (χ3n) is 8.75. The molecule has 1 heterocycles. The molecule has 0 radical (unpaired) electrons. The van der Waals surface area contributed by atoms with Crippen molar-refractivity contribution in [2.24, 2.45) is 0 Å². The number of carboxylic acid groups (broad SMARTS) is 1. The maximum atomic E-state index is 12.2. The van der Waals surface area contributed by atoms with Gasteiger partial charge in [-0.3, -0.25) is 14.5 Å².